The van der Waals surface area contributed by atoms with Gasteiger partial charge in [-0.15, -0.1) is 35.3 Å². The lowest BCUT2D eigenvalue weighted by Gasteiger charge is -2.36. The number of aromatic nitrogens is 3. The van der Waals surface area contributed by atoms with Crippen LogP contribution in [0.2, 0.25) is 0 Å². The second-order valence-corrected chi connectivity index (χ2v) is 7.28. The van der Waals surface area contributed by atoms with E-state index in [1.807, 2.05) is 14.0 Å². The van der Waals surface area contributed by atoms with E-state index in [4.69, 9.17) is 0 Å². The number of hydrogen-bond acceptors (Lipinski definition) is 7. The quantitative estimate of drug-likeness (QED) is 0.401. The summed E-state index contributed by atoms with van der Waals surface area (Å²) >= 11 is 3.18. The third-order valence-corrected chi connectivity index (χ3v) is 5.68. The third-order valence-electron chi connectivity index (χ3n) is 3.90. The van der Waals surface area contributed by atoms with Gasteiger partial charge in [0.1, 0.15) is 10.8 Å². The molecule has 0 aromatic carbocycles. The van der Waals surface area contributed by atoms with E-state index in [-0.39, 0.29) is 24.0 Å². The van der Waals surface area contributed by atoms with Crippen LogP contribution in [0.5, 0.6) is 0 Å². The average Bonchev–Trinajstić information content (AvgIpc) is 3.25. The fraction of sp³-hybridized carbons (Fsp3) is 0.600. The average molecular weight is 493 g/mol. The Hall–Kier alpha value is -1.01. The Morgan fingerprint density at radius 3 is 2.60 bits per heavy atom. The van der Waals surface area contributed by atoms with E-state index in [1.54, 1.807) is 11.3 Å². The number of nitrogens with zero attached hydrogens (tertiary/aromatic N) is 6. The third kappa shape index (κ3) is 5.23. The standard InChI is InChI=1S/C15H23N7S2.HI/c1-4-12-19-15(24-20-12)22-7-5-21(6-8-22)14(16-3)17-9-13-18-11(2)10-23-13;/h10H,4-9H2,1-3H3,(H,16,17);1H. The maximum atomic E-state index is 4.58. The van der Waals surface area contributed by atoms with Crippen molar-refractivity contribution in [2.45, 2.75) is 26.8 Å². The van der Waals surface area contributed by atoms with Gasteiger partial charge in [0, 0.05) is 62.3 Å². The lowest BCUT2D eigenvalue weighted by atomic mass is 10.3. The largest absolute Gasteiger partial charge is 0.350 e. The maximum absolute atomic E-state index is 4.58. The number of guanidine groups is 1. The number of rotatable bonds is 4. The van der Waals surface area contributed by atoms with Crippen LogP contribution in [0, 0.1) is 6.92 Å². The van der Waals surface area contributed by atoms with Crippen LogP contribution in [0.15, 0.2) is 10.4 Å². The number of halogens is 1. The van der Waals surface area contributed by atoms with E-state index in [1.165, 1.54) is 11.5 Å². The van der Waals surface area contributed by atoms with Gasteiger partial charge in [0.2, 0.25) is 5.13 Å². The van der Waals surface area contributed by atoms with Gasteiger partial charge in [0.05, 0.1) is 6.54 Å². The van der Waals surface area contributed by atoms with Crippen LogP contribution in [0.3, 0.4) is 0 Å². The molecule has 1 fully saturated rings. The van der Waals surface area contributed by atoms with Crippen molar-refractivity contribution in [2.75, 3.05) is 38.1 Å². The van der Waals surface area contributed by atoms with Gasteiger partial charge in [-0.1, -0.05) is 6.92 Å². The summed E-state index contributed by atoms with van der Waals surface area (Å²) in [6.45, 7) is 8.57. The van der Waals surface area contributed by atoms with E-state index < -0.39 is 0 Å². The van der Waals surface area contributed by atoms with E-state index in [2.05, 4.69) is 46.8 Å². The molecule has 1 N–H and O–H groups in total. The highest BCUT2D eigenvalue weighted by Gasteiger charge is 2.22. The fourth-order valence-corrected chi connectivity index (χ4v) is 4.11. The molecule has 0 saturated carbocycles. The number of aryl methyl sites for hydroxylation is 2. The molecule has 0 amide bonds. The molecule has 0 unspecified atom stereocenters. The van der Waals surface area contributed by atoms with Gasteiger partial charge < -0.3 is 15.1 Å². The van der Waals surface area contributed by atoms with Crippen LogP contribution in [0.1, 0.15) is 23.4 Å². The minimum Gasteiger partial charge on any atom is -0.350 e. The molecule has 1 saturated heterocycles. The first kappa shape index (κ1) is 20.3. The molecule has 0 spiro atoms. The predicted molar refractivity (Wildman–Crippen MR) is 116 cm³/mol. The molecular formula is C15H24IN7S2. The molecular weight excluding hydrogens is 469 g/mol. The van der Waals surface area contributed by atoms with Crippen molar-refractivity contribution in [3.05, 3.63) is 21.9 Å². The number of anilines is 1. The van der Waals surface area contributed by atoms with Gasteiger partial charge >= 0.3 is 0 Å². The van der Waals surface area contributed by atoms with E-state index in [0.717, 1.165) is 66.8 Å². The maximum Gasteiger partial charge on any atom is 0.205 e. The first-order valence-corrected chi connectivity index (χ1v) is 9.79. The SMILES string of the molecule is CCc1nsc(N2CCN(C(=NC)NCc3nc(C)cs3)CC2)n1.I. The molecule has 138 valence electrons. The molecule has 2 aromatic rings. The summed E-state index contributed by atoms with van der Waals surface area (Å²) in [4.78, 5) is 18.1. The smallest absolute Gasteiger partial charge is 0.205 e. The molecule has 1 aliphatic rings. The molecule has 10 heteroatoms. The topological polar surface area (TPSA) is 69.5 Å². The summed E-state index contributed by atoms with van der Waals surface area (Å²) < 4.78 is 4.38. The summed E-state index contributed by atoms with van der Waals surface area (Å²) in [5.41, 5.74) is 1.07. The summed E-state index contributed by atoms with van der Waals surface area (Å²) in [6, 6.07) is 0. The van der Waals surface area contributed by atoms with Crippen molar-refractivity contribution in [3.63, 3.8) is 0 Å². The minimum absolute atomic E-state index is 0. The van der Waals surface area contributed by atoms with Gasteiger partial charge in [-0.3, -0.25) is 4.99 Å². The van der Waals surface area contributed by atoms with Gasteiger partial charge in [0.25, 0.3) is 0 Å². The molecule has 0 bridgehead atoms. The molecule has 25 heavy (non-hydrogen) atoms. The number of thiazole rings is 1. The summed E-state index contributed by atoms with van der Waals surface area (Å²) in [7, 11) is 1.83. The lowest BCUT2D eigenvalue weighted by molar-refractivity contribution is 0.372. The summed E-state index contributed by atoms with van der Waals surface area (Å²) in [5, 5.41) is 7.62. The van der Waals surface area contributed by atoms with Crippen LogP contribution in [-0.4, -0.2) is 58.4 Å². The Labute approximate surface area is 173 Å². The number of piperazine rings is 1. The Morgan fingerprint density at radius 1 is 1.28 bits per heavy atom. The van der Waals surface area contributed by atoms with Gasteiger partial charge in [-0.05, 0) is 6.92 Å². The first-order valence-electron chi connectivity index (χ1n) is 8.13. The Kier molecular flexibility index (Phi) is 7.81. The first-order chi connectivity index (χ1) is 11.7. The van der Waals surface area contributed by atoms with Gasteiger partial charge in [-0.2, -0.15) is 4.37 Å². The highest BCUT2D eigenvalue weighted by Crippen LogP contribution is 2.19. The van der Waals surface area contributed by atoms with Crippen molar-refractivity contribution < 1.29 is 0 Å². The van der Waals surface area contributed by atoms with Crippen LogP contribution < -0.4 is 10.2 Å². The van der Waals surface area contributed by atoms with Crippen molar-refractivity contribution in [1.82, 2.24) is 24.6 Å². The zero-order valence-corrected chi connectivity index (χ0v) is 18.7. The molecule has 1 aliphatic heterocycles. The lowest BCUT2D eigenvalue weighted by Crippen LogP contribution is -2.52. The van der Waals surface area contributed by atoms with Gasteiger partial charge in [0.15, 0.2) is 5.96 Å². The summed E-state index contributed by atoms with van der Waals surface area (Å²) in [6.07, 6.45) is 0.892. The van der Waals surface area contributed by atoms with Crippen molar-refractivity contribution in [3.8, 4) is 0 Å². The van der Waals surface area contributed by atoms with E-state index >= 15 is 0 Å². The Morgan fingerprint density at radius 2 is 2.04 bits per heavy atom. The van der Waals surface area contributed by atoms with Crippen molar-refractivity contribution in [1.29, 1.82) is 0 Å². The molecule has 0 radical (unpaired) electrons. The molecule has 7 nitrogen and oxygen atoms in total. The summed E-state index contributed by atoms with van der Waals surface area (Å²) in [5.74, 6) is 1.88. The Bertz CT molecular complexity index is 692. The zero-order chi connectivity index (χ0) is 16.9. The number of hydrogen-bond donors (Lipinski definition) is 1. The minimum atomic E-state index is 0. The van der Waals surface area contributed by atoms with Crippen molar-refractivity contribution in [2.24, 2.45) is 4.99 Å². The molecule has 0 aliphatic carbocycles. The fourth-order valence-electron chi connectivity index (χ4n) is 2.60. The van der Waals surface area contributed by atoms with Crippen molar-refractivity contribution >= 4 is 57.9 Å². The zero-order valence-electron chi connectivity index (χ0n) is 14.7. The molecule has 3 heterocycles. The predicted octanol–water partition coefficient (Wildman–Crippen LogP) is 2.38. The normalized spacial score (nSPS) is 15.2. The molecule has 0 atom stereocenters. The van der Waals surface area contributed by atoms with Crippen LogP contribution in [0.4, 0.5) is 5.13 Å². The molecule has 3 rings (SSSR count). The second-order valence-electron chi connectivity index (χ2n) is 5.60. The monoisotopic (exact) mass is 493 g/mol. The van der Waals surface area contributed by atoms with Gasteiger partial charge in [-0.25, -0.2) is 9.97 Å². The molecule has 2 aromatic heterocycles. The number of aliphatic imine (C=N–C) groups is 1. The second kappa shape index (κ2) is 9.62. The Balaban J connectivity index is 0.00000225. The van der Waals surface area contributed by atoms with Crippen LogP contribution >= 0.6 is 46.8 Å². The van der Waals surface area contributed by atoms with E-state index in [0.29, 0.717) is 0 Å². The highest BCUT2D eigenvalue weighted by atomic mass is 127. The van der Waals surface area contributed by atoms with Crippen LogP contribution in [-0.2, 0) is 13.0 Å². The van der Waals surface area contributed by atoms with E-state index in [9.17, 15) is 0 Å². The van der Waals surface area contributed by atoms with Crippen LogP contribution in [0.25, 0.3) is 0 Å². The highest BCUT2D eigenvalue weighted by molar-refractivity contribution is 14.0. The number of nitrogens with one attached hydrogen (secondary N) is 1.